The zero-order chi connectivity index (χ0) is 18.4. The largest absolute Gasteiger partial charge is 0.462 e. The molecular formula is C21H20N2O3. The fraction of sp³-hybridized carbons (Fsp3) is 0.190. The average Bonchev–Trinajstić information content (AvgIpc) is 2.69. The molecule has 0 fully saturated rings. The Morgan fingerprint density at radius 1 is 1.00 bits per heavy atom. The minimum atomic E-state index is -0.347. The molecule has 0 spiro atoms. The van der Waals surface area contributed by atoms with E-state index in [1.165, 1.54) is 5.56 Å². The van der Waals surface area contributed by atoms with Crippen molar-refractivity contribution in [1.82, 2.24) is 9.97 Å². The number of nitrogens with zero attached hydrogens (tertiary/aromatic N) is 2. The van der Waals surface area contributed by atoms with Crippen molar-refractivity contribution < 1.29 is 14.3 Å². The number of rotatable bonds is 6. The van der Waals surface area contributed by atoms with Crippen LogP contribution in [-0.4, -0.2) is 22.5 Å². The molecule has 5 nitrogen and oxygen atoms in total. The second-order valence-electron chi connectivity index (χ2n) is 5.59. The molecule has 0 saturated heterocycles. The van der Waals surface area contributed by atoms with Gasteiger partial charge in [-0.25, -0.2) is 9.78 Å². The van der Waals surface area contributed by atoms with Crippen LogP contribution in [0.3, 0.4) is 0 Å². The molecule has 2 aromatic heterocycles. The zero-order valence-corrected chi connectivity index (χ0v) is 14.8. The molecule has 0 N–H and O–H groups in total. The third kappa shape index (κ3) is 3.88. The first-order valence-electron chi connectivity index (χ1n) is 8.56. The first-order chi connectivity index (χ1) is 12.7. The first-order valence-corrected chi connectivity index (χ1v) is 8.56. The highest BCUT2D eigenvalue weighted by Crippen LogP contribution is 2.33. The Morgan fingerprint density at radius 2 is 1.81 bits per heavy atom. The van der Waals surface area contributed by atoms with Gasteiger partial charge in [0.1, 0.15) is 5.75 Å². The molecule has 132 valence electrons. The number of carbonyl (C=O) groups is 1. The minimum absolute atomic E-state index is 0.346. The highest BCUT2D eigenvalue weighted by Gasteiger charge is 2.12. The summed E-state index contributed by atoms with van der Waals surface area (Å²) >= 11 is 0. The van der Waals surface area contributed by atoms with E-state index >= 15 is 0 Å². The number of benzene rings is 1. The number of hydrogen-bond acceptors (Lipinski definition) is 5. The lowest BCUT2D eigenvalue weighted by molar-refractivity contribution is 0.0526. The molecule has 2 heterocycles. The van der Waals surface area contributed by atoms with Gasteiger partial charge in [0, 0.05) is 29.7 Å². The number of ether oxygens (including phenoxy) is 2. The molecule has 0 bridgehead atoms. The molecule has 0 aliphatic rings. The Balaban J connectivity index is 1.88. The van der Waals surface area contributed by atoms with Crippen molar-refractivity contribution in [3.8, 4) is 22.8 Å². The second kappa shape index (κ2) is 8.25. The van der Waals surface area contributed by atoms with Crippen molar-refractivity contribution in [2.45, 2.75) is 20.3 Å². The molecule has 1 aromatic carbocycles. The molecule has 3 aromatic rings. The number of hydrogen-bond donors (Lipinski definition) is 0. The molecule has 0 aliphatic heterocycles. The van der Waals surface area contributed by atoms with Crippen molar-refractivity contribution in [2.75, 3.05) is 6.61 Å². The summed E-state index contributed by atoms with van der Waals surface area (Å²) in [6.07, 6.45) is 6.19. The molecule has 0 amide bonds. The van der Waals surface area contributed by atoms with Gasteiger partial charge in [0.15, 0.2) is 0 Å². The predicted molar refractivity (Wildman–Crippen MR) is 99.3 cm³/mol. The van der Waals surface area contributed by atoms with E-state index in [2.05, 4.69) is 16.9 Å². The Hall–Kier alpha value is -3.21. The van der Waals surface area contributed by atoms with Gasteiger partial charge >= 0.3 is 5.97 Å². The standard InChI is InChI=1S/C21H20N2O3/c1-3-15-11-13-22-14-19(15)18-6-5-12-23-20(18)26-17-9-7-16(8-10-17)21(24)25-4-2/h5-14H,3-4H2,1-2H3. The molecule has 0 atom stereocenters. The quantitative estimate of drug-likeness (QED) is 0.606. The van der Waals surface area contributed by atoms with E-state index in [0.29, 0.717) is 23.8 Å². The van der Waals surface area contributed by atoms with Crippen molar-refractivity contribution >= 4 is 5.97 Å². The van der Waals surface area contributed by atoms with Gasteiger partial charge in [-0.1, -0.05) is 6.92 Å². The number of carbonyl (C=O) groups excluding carboxylic acids is 1. The van der Waals surface area contributed by atoms with Crippen LogP contribution in [0.25, 0.3) is 11.1 Å². The van der Waals surface area contributed by atoms with E-state index in [1.54, 1.807) is 43.6 Å². The van der Waals surface area contributed by atoms with E-state index < -0.39 is 0 Å². The third-order valence-electron chi connectivity index (χ3n) is 3.93. The first kappa shape index (κ1) is 17.6. The number of aromatic nitrogens is 2. The maximum Gasteiger partial charge on any atom is 0.338 e. The van der Waals surface area contributed by atoms with Crippen molar-refractivity contribution in [2.24, 2.45) is 0 Å². The van der Waals surface area contributed by atoms with Crippen LogP contribution < -0.4 is 4.74 Å². The summed E-state index contributed by atoms with van der Waals surface area (Å²) in [7, 11) is 0. The van der Waals surface area contributed by atoms with Crippen molar-refractivity contribution in [3.05, 3.63) is 72.2 Å². The molecule has 0 unspecified atom stereocenters. The molecule has 0 saturated carbocycles. The molecule has 26 heavy (non-hydrogen) atoms. The van der Waals surface area contributed by atoms with E-state index in [-0.39, 0.29) is 5.97 Å². The van der Waals surface area contributed by atoms with E-state index in [1.807, 2.05) is 24.4 Å². The molecule has 5 heteroatoms. The lowest BCUT2D eigenvalue weighted by atomic mass is 10.0. The van der Waals surface area contributed by atoms with Crippen LogP contribution in [0.2, 0.25) is 0 Å². The number of aryl methyl sites for hydroxylation is 1. The second-order valence-corrected chi connectivity index (χ2v) is 5.59. The Bertz CT molecular complexity index is 892. The molecule has 0 radical (unpaired) electrons. The van der Waals surface area contributed by atoms with Crippen LogP contribution in [0.4, 0.5) is 0 Å². The SMILES string of the molecule is CCOC(=O)c1ccc(Oc2ncccc2-c2cnccc2CC)cc1. The van der Waals surface area contributed by atoms with Gasteiger partial charge in [-0.2, -0.15) is 0 Å². The van der Waals surface area contributed by atoms with Crippen molar-refractivity contribution in [3.63, 3.8) is 0 Å². The normalized spacial score (nSPS) is 10.4. The van der Waals surface area contributed by atoms with Gasteiger partial charge in [0.25, 0.3) is 0 Å². The van der Waals surface area contributed by atoms with Crippen molar-refractivity contribution in [1.29, 1.82) is 0 Å². The fourth-order valence-electron chi connectivity index (χ4n) is 2.64. The smallest absolute Gasteiger partial charge is 0.338 e. The number of pyridine rings is 2. The maximum absolute atomic E-state index is 11.7. The Labute approximate surface area is 152 Å². The van der Waals surface area contributed by atoms with Crippen LogP contribution in [0.1, 0.15) is 29.8 Å². The Kier molecular flexibility index (Phi) is 5.59. The van der Waals surface area contributed by atoms with E-state index in [0.717, 1.165) is 17.5 Å². The molecule has 3 rings (SSSR count). The summed E-state index contributed by atoms with van der Waals surface area (Å²) in [5.41, 5.74) is 3.55. The summed E-state index contributed by atoms with van der Waals surface area (Å²) in [6.45, 7) is 4.23. The van der Waals surface area contributed by atoms with Gasteiger partial charge in [-0.05, 0) is 61.4 Å². The third-order valence-corrected chi connectivity index (χ3v) is 3.93. The summed E-state index contributed by atoms with van der Waals surface area (Å²) in [5, 5.41) is 0. The predicted octanol–water partition coefficient (Wildman–Crippen LogP) is 4.68. The lowest BCUT2D eigenvalue weighted by Crippen LogP contribution is -2.04. The lowest BCUT2D eigenvalue weighted by Gasteiger charge is -2.12. The van der Waals surface area contributed by atoms with Gasteiger partial charge in [-0.3, -0.25) is 4.98 Å². The summed E-state index contributed by atoms with van der Waals surface area (Å²) in [5.74, 6) is 0.750. The average molecular weight is 348 g/mol. The van der Waals surface area contributed by atoms with E-state index in [9.17, 15) is 4.79 Å². The van der Waals surface area contributed by atoms with Gasteiger partial charge in [-0.15, -0.1) is 0 Å². The highest BCUT2D eigenvalue weighted by molar-refractivity contribution is 5.89. The van der Waals surface area contributed by atoms with Crippen LogP contribution in [0.15, 0.2) is 61.1 Å². The van der Waals surface area contributed by atoms with Gasteiger partial charge in [0.2, 0.25) is 5.88 Å². The van der Waals surface area contributed by atoms with Gasteiger partial charge in [0.05, 0.1) is 12.2 Å². The zero-order valence-electron chi connectivity index (χ0n) is 14.8. The summed E-state index contributed by atoms with van der Waals surface area (Å²) in [4.78, 5) is 20.3. The molecular weight excluding hydrogens is 328 g/mol. The fourth-order valence-corrected chi connectivity index (χ4v) is 2.64. The minimum Gasteiger partial charge on any atom is -0.462 e. The monoisotopic (exact) mass is 348 g/mol. The molecule has 0 aliphatic carbocycles. The highest BCUT2D eigenvalue weighted by atomic mass is 16.5. The van der Waals surface area contributed by atoms with Gasteiger partial charge < -0.3 is 9.47 Å². The number of esters is 1. The van der Waals surface area contributed by atoms with E-state index in [4.69, 9.17) is 9.47 Å². The maximum atomic E-state index is 11.7. The topological polar surface area (TPSA) is 61.3 Å². The van der Waals surface area contributed by atoms with Crippen LogP contribution in [-0.2, 0) is 11.2 Å². The Morgan fingerprint density at radius 3 is 2.54 bits per heavy atom. The van der Waals surface area contributed by atoms with Crippen LogP contribution in [0.5, 0.6) is 11.6 Å². The summed E-state index contributed by atoms with van der Waals surface area (Å²) < 4.78 is 11.0. The van der Waals surface area contributed by atoms with Crippen LogP contribution >= 0.6 is 0 Å². The summed E-state index contributed by atoms with van der Waals surface area (Å²) in [6, 6.07) is 12.7. The van der Waals surface area contributed by atoms with Crippen LogP contribution in [0, 0.1) is 0 Å².